The van der Waals surface area contributed by atoms with Gasteiger partial charge >= 0.3 is 0 Å². The monoisotopic (exact) mass is 552 g/mol. The van der Waals surface area contributed by atoms with Crippen molar-refractivity contribution in [3.05, 3.63) is 46.0 Å². The number of nitrogen functional groups attached to an aromatic ring is 1. The summed E-state index contributed by atoms with van der Waals surface area (Å²) in [5.74, 6) is 0.167. The first-order valence-corrected chi connectivity index (χ1v) is 18.4. The minimum absolute atomic E-state index is 0.167. The van der Waals surface area contributed by atoms with Gasteiger partial charge in [0.05, 0.1) is 22.8 Å². The molecule has 0 spiro atoms. The molecule has 0 amide bonds. The molecule has 6 nitrogen and oxygen atoms in total. The molecule has 0 unspecified atom stereocenters. The molecule has 1 aliphatic heterocycles. The summed E-state index contributed by atoms with van der Waals surface area (Å²) in [5.41, 5.74) is 9.32. The fourth-order valence-electron chi connectivity index (χ4n) is 3.98. The predicted molar refractivity (Wildman–Crippen MR) is 149 cm³/mol. The van der Waals surface area contributed by atoms with E-state index in [0.717, 1.165) is 10.3 Å². The van der Waals surface area contributed by atoms with Gasteiger partial charge in [-0.2, -0.15) is 0 Å². The normalized spacial score (nSPS) is 16.3. The van der Waals surface area contributed by atoms with Gasteiger partial charge in [0, 0.05) is 5.69 Å². The van der Waals surface area contributed by atoms with Gasteiger partial charge in [0.2, 0.25) is 0 Å². The zero-order chi connectivity index (χ0) is 25.8. The van der Waals surface area contributed by atoms with Gasteiger partial charge < -0.3 is 19.9 Å². The number of Topliss-reactive ketones (excluding diaryl/α,β-unsaturated/α-hetero) is 1. The van der Waals surface area contributed by atoms with Crippen molar-refractivity contribution >= 4 is 49.6 Å². The van der Waals surface area contributed by atoms with E-state index >= 15 is 0 Å². The second-order valence-corrected chi connectivity index (χ2v) is 20.9. The maximum absolute atomic E-state index is 9.60. The smallest absolute Gasteiger partial charge is 0.141 e. The fourth-order valence-corrected chi connectivity index (χ4v) is 18.7. The zero-order valence-corrected chi connectivity index (χ0v) is 25.5. The molecule has 3 rings (SSSR count). The molecule has 33 heavy (non-hydrogen) atoms. The van der Waals surface area contributed by atoms with Crippen LogP contribution < -0.4 is 9.96 Å². The third-order valence-corrected chi connectivity index (χ3v) is 16.0. The number of ketones is 1. The summed E-state index contributed by atoms with van der Waals surface area (Å²) in [6.45, 7) is 20.4. The Morgan fingerprint density at radius 1 is 1.00 bits per heavy atom. The molecule has 3 heterocycles. The molecule has 2 aromatic rings. The highest BCUT2D eigenvalue weighted by atomic mass is 79.9. The highest BCUT2D eigenvalue weighted by molar-refractivity contribution is 9.10. The third kappa shape index (κ3) is 8.62. The SMILES string of the molecule is CC(C)=O.Cc1nc(Br)ccc1N1[Si](C)(C)CC[Si]1(C)C.Cc1nc(C(C)(C)O)ccc1N. The first-order chi connectivity index (χ1) is 14.9. The first kappa shape index (κ1) is 29.5. The van der Waals surface area contributed by atoms with Crippen molar-refractivity contribution in [1.29, 1.82) is 0 Å². The summed E-state index contributed by atoms with van der Waals surface area (Å²) < 4.78 is 3.76. The number of aromatic nitrogens is 2. The molecule has 184 valence electrons. The zero-order valence-electron chi connectivity index (χ0n) is 21.9. The van der Waals surface area contributed by atoms with E-state index in [1.807, 2.05) is 6.92 Å². The number of pyridine rings is 2. The summed E-state index contributed by atoms with van der Waals surface area (Å²) in [7, 11) is -2.51. The van der Waals surface area contributed by atoms with Crippen LogP contribution >= 0.6 is 15.9 Å². The van der Waals surface area contributed by atoms with E-state index in [9.17, 15) is 9.90 Å². The van der Waals surface area contributed by atoms with Crippen LogP contribution in [0.4, 0.5) is 11.4 Å². The number of halogens is 1. The molecular weight excluding hydrogens is 512 g/mol. The van der Waals surface area contributed by atoms with Gasteiger partial charge in [-0.3, -0.25) is 4.98 Å². The van der Waals surface area contributed by atoms with Crippen LogP contribution in [-0.4, -0.2) is 37.3 Å². The Bertz CT molecular complexity index is 955. The van der Waals surface area contributed by atoms with Crippen LogP contribution in [0.3, 0.4) is 0 Å². The van der Waals surface area contributed by atoms with Crippen molar-refractivity contribution in [1.82, 2.24) is 9.97 Å². The van der Waals surface area contributed by atoms with Crippen molar-refractivity contribution in [3.63, 3.8) is 0 Å². The number of anilines is 2. The van der Waals surface area contributed by atoms with E-state index in [0.29, 0.717) is 11.4 Å². The number of nitrogens with two attached hydrogens (primary N) is 1. The number of carbonyl (C=O) groups excluding carboxylic acids is 1. The molecule has 9 heteroatoms. The highest BCUT2D eigenvalue weighted by Gasteiger charge is 2.47. The minimum atomic E-state index is -1.25. The van der Waals surface area contributed by atoms with Crippen molar-refractivity contribution in [2.24, 2.45) is 0 Å². The number of hydrogen-bond donors (Lipinski definition) is 2. The Labute approximate surface area is 210 Å². The van der Waals surface area contributed by atoms with Gasteiger partial charge in [-0.25, -0.2) is 4.98 Å². The van der Waals surface area contributed by atoms with E-state index in [-0.39, 0.29) is 5.78 Å². The maximum Gasteiger partial charge on any atom is 0.141 e. The maximum atomic E-state index is 9.60. The van der Waals surface area contributed by atoms with Crippen molar-refractivity contribution in [3.8, 4) is 0 Å². The van der Waals surface area contributed by atoms with Gasteiger partial charge in [0.25, 0.3) is 0 Å². The molecular formula is C24H41BrN4O2Si2. The lowest BCUT2D eigenvalue weighted by atomic mass is 10.0. The lowest BCUT2D eigenvalue weighted by Crippen LogP contribution is -2.55. The van der Waals surface area contributed by atoms with Crippen LogP contribution in [-0.2, 0) is 10.4 Å². The predicted octanol–water partition coefficient (Wildman–Crippen LogP) is 6.18. The number of nitrogens with zero attached hydrogens (tertiary/aromatic N) is 3. The van der Waals surface area contributed by atoms with Gasteiger partial charge in [0.1, 0.15) is 32.5 Å². The van der Waals surface area contributed by atoms with Gasteiger partial charge in [-0.05, 0) is 93.8 Å². The van der Waals surface area contributed by atoms with Gasteiger partial charge in [-0.1, -0.05) is 26.2 Å². The average molecular weight is 554 g/mol. The molecule has 0 aliphatic carbocycles. The summed E-state index contributed by atoms with van der Waals surface area (Å²) in [6, 6.07) is 10.7. The summed E-state index contributed by atoms with van der Waals surface area (Å²) >= 11 is 3.45. The highest BCUT2D eigenvalue weighted by Crippen LogP contribution is 2.41. The first-order valence-electron chi connectivity index (χ1n) is 11.2. The summed E-state index contributed by atoms with van der Waals surface area (Å²) in [5, 5.41) is 9.60. The van der Waals surface area contributed by atoms with E-state index in [2.05, 4.69) is 75.4 Å². The molecule has 0 atom stereocenters. The molecule has 2 aromatic heterocycles. The molecule has 0 bridgehead atoms. The van der Waals surface area contributed by atoms with E-state index in [1.54, 1.807) is 26.0 Å². The molecule has 0 radical (unpaired) electrons. The van der Waals surface area contributed by atoms with Crippen molar-refractivity contribution in [2.75, 3.05) is 9.96 Å². The number of hydrogen-bond acceptors (Lipinski definition) is 6. The van der Waals surface area contributed by atoms with Crippen molar-refractivity contribution in [2.45, 2.75) is 85.4 Å². The van der Waals surface area contributed by atoms with E-state index in [4.69, 9.17) is 5.73 Å². The fraction of sp³-hybridized carbons (Fsp3) is 0.542. The molecule has 1 fully saturated rings. The van der Waals surface area contributed by atoms with E-state index < -0.39 is 22.1 Å². The standard InChI is InChI=1S/C12H21BrN2Si2.C9H14N2O.C3H6O/c1-10-11(6-7-12(13)14-10)15-16(2,3)8-9-17(15,4)5;1-6-7(10)4-5-8(11-6)9(2,3)12;1-3(2)4/h6-7H,8-9H2,1-5H3;4-5,12H,10H2,1-3H3;1-2H3. The molecule has 1 saturated heterocycles. The Balaban J connectivity index is 0.000000297. The Kier molecular flexibility index (Phi) is 10.0. The average Bonchev–Trinajstić information content (AvgIpc) is 2.85. The second kappa shape index (κ2) is 11.2. The lowest BCUT2D eigenvalue weighted by molar-refractivity contribution is -0.115. The van der Waals surface area contributed by atoms with E-state index in [1.165, 1.54) is 37.3 Å². The third-order valence-electron chi connectivity index (χ3n) is 5.58. The van der Waals surface area contributed by atoms with Crippen LogP contribution in [0.2, 0.25) is 38.3 Å². The van der Waals surface area contributed by atoms with Crippen LogP contribution in [0, 0.1) is 13.8 Å². The van der Waals surface area contributed by atoms with Crippen molar-refractivity contribution < 1.29 is 9.90 Å². The Hall–Kier alpha value is -1.56. The number of carbonyl (C=O) groups is 1. The quantitative estimate of drug-likeness (QED) is 0.341. The summed E-state index contributed by atoms with van der Waals surface area (Å²) in [4.78, 5) is 18.2. The molecule has 3 N–H and O–H groups in total. The van der Waals surface area contributed by atoms with Crippen LogP contribution in [0.5, 0.6) is 0 Å². The number of rotatable bonds is 2. The van der Waals surface area contributed by atoms with Gasteiger partial charge in [-0.15, -0.1) is 0 Å². The van der Waals surface area contributed by atoms with Gasteiger partial charge in [0.15, 0.2) is 0 Å². The molecule has 1 aliphatic rings. The van der Waals surface area contributed by atoms with Crippen LogP contribution in [0.1, 0.15) is 44.8 Å². The van der Waals surface area contributed by atoms with Crippen LogP contribution in [0.15, 0.2) is 28.9 Å². The topological polar surface area (TPSA) is 92.3 Å². The Morgan fingerprint density at radius 3 is 1.88 bits per heavy atom. The molecule has 0 saturated carbocycles. The Morgan fingerprint density at radius 2 is 1.48 bits per heavy atom. The molecule has 0 aromatic carbocycles. The number of aryl methyl sites for hydroxylation is 2. The largest absolute Gasteiger partial charge is 0.423 e. The number of aliphatic hydroxyl groups is 1. The van der Waals surface area contributed by atoms with Crippen LogP contribution in [0.25, 0.3) is 0 Å². The summed E-state index contributed by atoms with van der Waals surface area (Å²) in [6.07, 6.45) is 0. The second-order valence-electron chi connectivity index (χ2n) is 10.5. The lowest BCUT2D eigenvalue weighted by Gasteiger charge is -2.42. The minimum Gasteiger partial charge on any atom is -0.423 e.